The highest BCUT2D eigenvalue weighted by molar-refractivity contribution is 6.07. The number of benzene rings is 9. The van der Waals surface area contributed by atoms with E-state index in [1.165, 1.54) is 22.3 Å². The minimum Gasteiger partial charge on any atom is -0.256 e. The van der Waals surface area contributed by atoms with Gasteiger partial charge >= 0.3 is 0 Å². The summed E-state index contributed by atoms with van der Waals surface area (Å²) in [6, 6.07) is 91.5. The van der Waals surface area contributed by atoms with Gasteiger partial charge in [-0.1, -0.05) is 206 Å². The van der Waals surface area contributed by atoms with Crippen molar-refractivity contribution in [3.8, 4) is 123 Å². The Kier molecular flexibility index (Phi) is 11.9. The maximum absolute atomic E-state index is 5.22. The highest BCUT2D eigenvalue weighted by Crippen LogP contribution is 2.50. The van der Waals surface area contributed by atoms with Crippen molar-refractivity contribution in [3.05, 3.63) is 273 Å². The zero-order valence-electron chi connectivity index (χ0n) is 39.2. The van der Waals surface area contributed by atoms with Gasteiger partial charge in [-0.05, 0) is 121 Å². The first-order chi connectivity index (χ1) is 35.7. The Balaban J connectivity index is 1.03. The molecule has 0 atom stereocenters. The first-order valence-electron chi connectivity index (χ1n) is 24.1. The molecule has 0 aliphatic carbocycles. The zero-order chi connectivity index (χ0) is 48.1. The van der Waals surface area contributed by atoms with Gasteiger partial charge in [0.2, 0.25) is 0 Å². The average molecular weight is 920 g/mol. The summed E-state index contributed by atoms with van der Waals surface area (Å²) < 4.78 is 0. The Morgan fingerprint density at radius 2 is 0.500 bits per heavy atom. The largest absolute Gasteiger partial charge is 0.256 e. The van der Waals surface area contributed by atoms with Crippen LogP contribution in [0.1, 0.15) is 0 Å². The van der Waals surface area contributed by atoms with Crippen LogP contribution in [0, 0.1) is 0 Å². The molecular formula is C67H45N5. The van der Waals surface area contributed by atoms with Gasteiger partial charge in [0.1, 0.15) is 0 Å². The molecule has 0 amide bonds. The van der Waals surface area contributed by atoms with Crippen molar-refractivity contribution < 1.29 is 0 Å². The van der Waals surface area contributed by atoms with E-state index in [1.54, 1.807) is 0 Å². The van der Waals surface area contributed by atoms with Gasteiger partial charge in [-0.25, -0.2) is 15.0 Å². The molecule has 338 valence electrons. The molecule has 0 fully saturated rings. The van der Waals surface area contributed by atoms with Gasteiger partial charge in [0, 0.05) is 40.2 Å². The Morgan fingerprint density at radius 1 is 0.194 bits per heavy atom. The quantitative estimate of drug-likeness (QED) is 0.129. The van der Waals surface area contributed by atoms with Crippen molar-refractivity contribution in [2.24, 2.45) is 0 Å². The third-order valence-corrected chi connectivity index (χ3v) is 13.0. The first-order valence-corrected chi connectivity index (χ1v) is 24.1. The van der Waals surface area contributed by atoms with Crippen LogP contribution < -0.4 is 0 Å². The summed E-state index contributed by atoms with van der Waals surface area (Å²) in [4.78, 5) is 24.8. The van der Waals surface area contributed by atoms with Crippen LogP contribution in [0.15, 0.2) is 273 Å². The van der Waals surface area contributed by atoms with Gasteiger partial charge in [0.15, 0.2) is 17.5 Å². The number of hydrogen-bond donors (Lipinski definition) is 0. The van der Waals surface area contributed by atoms with Crippen molar-refractivity contribution in [2.45, 2.75) is 0 Å². The van der Waals surface area contributed by atoms with E-state index in [2.05, 4.69) is 210 Å². The molecule has 3 aromatic heterocycles. The van der Waals surface area contributed by atoms with Gasteiger partial charge in [0.25, 0.3) is 0 Å². The maximum Gasteiger partial charge on any atom is 0.164 e. The van der Waals surface area contributed by atoms with Crippen LogP contribution in [-0.2, 0) is 0 Å². The standard InChI is InChI=1S/C67H45N5/c1-5-21-46(22-6-1)58-45-59(63(48-25-9-3-10-26-48)64(49-27-11-4-12-28-49)62(58)47-23-7-2-8-24-47)52-31-17-29-50(41-52)51-30-18-34-55(42-51)65-70-66(56-35-19-32-53(43-56)60-37-13-15-39-68-60)72-67(71-65)57-36-20-33-54(44-57)61-38-14-16-40-69-61/h1-45H. The molecule has 72 heavy (non-hydrogen) atoms. The van der Waals surface area contributed by atoms with Crippen LogP contribution in [-0.4, -0.2) is 24.9 Å². The van der Waals surface area contributed by atoms with Gasteiger partial charge in [-0.15, -0.1) is 0 Å². The third kappa shape index (κ3) is 8.90. The van der Waals surface area contributed by atoms with Gasteiger partial charge in [0.05, 0.1) is 11.4 Å². The van der Waals surface area contributed by atoms with E-state index in [1.807, 2.05) is 73.1 Å². The fourth-order valence-electron chi connectivity index (χ4n) is 9.63. The SMILES string of the molecule is c1ccc(-c2cc(-c3cccc(-c4cccc(-c5nc(-c6cccc(-c7ccccn7)c6)nc(-c6cccc(-c7ccccn7)c6)n5)c4)c3)c(-c3ccccc3)c(-c3ccccc3)c2-c2ccccc2)cc1. The van der Waals surface area contributed by atoms with E-state index in [4.69, 9.17) is 15.0 Å². The summed E-state index contributed by atoms with van der Waals surface area (Å²) >= 11 is 0. The number of nitrogens with zero attached hydrogens (tertiary/aromatic N) is 5. The fourth-order valence-corrected chi connectivity index (χ4v) is 9.63. The molecule has 3 heterocycles. The maximum atomic E-state index is 5.22. The van der Waals surface area contributed by atoms with Crippen molar-refractivity contribution in [3.63, 3.8) is 0 Å². The van der Waals surface area contributed by atoms with Crippen LogP contribution in [0.3, 0.4) is 0 Å². The molecular weight excluding hydrogens is 875 g/mol. The molecule has 12 rings (SSSR count). The molecule has 0 aliphatic heterocycles. The smallest absolute Gasteiger partial charge is 0.164 e. The predicted molar refractivity (Wildman–Crippen MR) is 295 cm³/mol. The summed E-state index contributed by atoms with van der Waals surface area (Å²) in [7, 11) is 0. The summed E-state index contributed by atoms with van der Waals surface area (Å²) in [5.41, 5.74) is 20.0. The number of aromatic nitrogens is 5. The van der Waals surface area contributed by atoms with Gasteiger partial charge in [-0.3, -0.25) is 9.97 Å². The highest BCUT2D eigenvalue weighted by atomic mass is 15.0. The van der Waals surface area contributed by atoms with E-state index < -0.39 is 0 Å². The minimum atomic E-state index is 0.569. The van der Waals surface area contributed by atoms with E-state index in [0.29, 0.717) is 17.5 Å². The summed E-state index contributed by atoms with van der Waals surface area (Å²) in [5.74, 6) is 1.71. The molecule has 0 aliphatic rings. The first kappa shape index (κ1) is 43.6. The lowest BCUT2D eigenvalue weighted by atomic mass is 9.78. The highest BCUT2D eigenvalue weighted by Gasteiger charge is 2.24. The molecule has 5 nitrogen and oxygen atoms in total. The normalized spacial score (nSPS) is 11.1. The lowest BCUT2D eigenvalue weighted by Gasteiger charge is -2.24. The summed E-state index contributed by atoms with van der Waals surface area (Å²) in [6.45, 7) is 0. The lowest BCUT2D eigenvalue weighted by Crippen LogP contribution is -2.01. The van der Waals surface area contributed by atoms with E-state index in [9.17, 15) is 0 Å². The average Bonchev–Trinajstić information content (AvgIpc) is 3.48. The predicted octanol–water partition coefficient (Wildman–Crippen LogP) is 17.0. The van der Waals surface area contributed by atoms with Crippen molar-refractivity contribution in [2.75, 3.05) is 0 Å². The molecule has 0 spiro atoms. The Bertz CT molecular complexity index is 3730. The van der Waals surface area contributed by atoms with Crippen molar-refractivity contribution in [1.82, 2.24) is 24.9 Å². The molecule has 5 heteroatoms. The number of hydrogen-bond acceptors (Lipinski definition) is 5. The monoisotopic (exact) mass is 919 g/mol. The van der Waals surface area contributed by atoms with Crippen LogP contribution in [0.5, 0.6) is 0 Å². The Morgan fingerprint density at radius 3 is 0.917 bits per heavy atom. The summed E-state index contributed by atoms with van der Waals surface area (Å²) in [5, 5.41) is 0. The second-order valence-electron chi connectivity index (χ2n) is 17.6. The minimum absolute atomic E-state index is 0.569. The van der Waals surface area contributed by atoms with E-state index in [0.717, 1.165) is 83.7 Å². The topological polar surface area (TPSA) is 64.5 Å². The van der Waals surface area contributed by atoms with Gasteiger partial charge in [-0.2, -0.15) is 0 Å². The Hall–Kier alpha value is -9.71. The second-order valence-corrected chi connectivity index (χ2v) is 17.6. The van der Waals surface area contributed by atoms with Crippen LogP contribution >= 0.6 is 0 Å². The van der Waals surface area contributed by atoms with Gasteiger partial charge < -0.3 is 0 Å². The molecule has 12 aromatic rings. The number of pyridine rings is 2. The van der Waals surface area contributed by atoms with E-state index >= 15 is 0 Å². The molecule has 9 aromatic carbocycles. The lowest BCUT2D eigenvalue weighted by molar-refractivity contribution is 1.07. The fraction of sp³-hybridized carbons (Fsp3) is 0. The Labute approximate surface area is 419 Å². The third-order valence-electron chi connectivity index (χ3n) is 13.0. The van der Waals surface area contributed by atoms with Crippen LogP contribution in [0.2, 0.25) is 0 Å². The van der Waals surface area contributed by atoms with Crippen LogP contribution in [0.4, 0.5) is 0 Å². The second kappa shape index (κ2) is 19.7. The molecule has 0 N–H and O–H groups in total. The summed E-state index contributed by atoms with van der Waals surface area (Å²) in [6.07, 6.45) is 3.62. The molecule has 0 saturated carbocycles. The molecule has 0 bridgehead atoms. The van der Waals surface area contributed by atoms with Crippen molar-refractivity contribution in [1.29, 1.82) is 0 Å². The van der Waals surface area contributed by atoms with Crippen LogP contribution in [0.25, 0.3) is 123 Å². The van der Waals surface area contributed by atoms with Crippen molar-refractivity contribution >= 4 is 0 Å². The molecule has 0 saturated heterocycles. The van der Waals surface area contributed by atoms with E-state index in [-0.39, 0.29) is 0 Å². The zero-order valence-corrected chi connectivity index (χ0v) is 39.2. The molecule has 0 radical (unpaired) electrons. The molecule has 0 unspecified atom stereocenters. The number of rotatable bonds is 11.